The summed E-state index contributed by atoms with van der Waals surface area (Å²) in [6, 6.07) is 10.3. The Labute approximate surface area is 215 Å². The second kappa shape index (κ2) is 8.16. The van der Waals surface area contributed by atoms with Crippen molar-refractivity contribution in [1.82, 2.24) is 29.3 Å². The van der Waals surface area contributed by atoms with Crippen LogP contribution in [0.3, 0.4) is 0 Å². The van der Waals surface area contributed by atoms with Gasteiger partial charge in [0.15, 0.2) is 5.82 Å². The third kappa shape index (κ3) is 3.56. The molecule has 0 saturated heterocycles. The second-order valence-electron chi connectivity index (χ2n) is 11.1. The van der Waals surface area contributed by atoms with Crippen molar-refractivity contribution in [3.05, 3.63) is 47.2 Å². The van der Waals surface area contributed by atoms with E-state index in [1.165, 1.54) is 0 Å². The Morgan fingerprint density at radius 1 is 1.03 bits per heavy atom. The van der Waals surface area contributed by atoms with Gasteiger partial charge in [-0.1, -0.05) is 6.42 Å². The number of nitrogens with zero attached hydrogens (tertiary/aromatic N) is 5. The number of amides is 2. The molecule has 3 atom stereocenters. The van der Waals surface area contributed by atoms with Gasteiger partial charge in [0.2, 0.25) is 5.91 Å². The van der Waals surface area contributed by atoms with Gasteiger partial charge in [-0.15, -0.1) is 0 Å². The Morgan fingerprint density at radius 2 is 1.89 bits per heavy atom. The first kappa shape index (κ1) is 22.5. The van der Waals surface area contributed by atoms with Gasteiger partial charge in [0.1, 0.15) is 5.65 Å². The van der Waals surface area contributed by atoms with Crippen molar-refractivity contribution in [3.63, 3.8) is 0 Å². The largest absolute Gasteiger partial charge is 0.348 e. The van der Waals surface area contributed by atoms with Crippen molar-refractivity contribution in [2.45, 2.75) is 51.6 Å². The molecule has 3 aliphatic rings. The number of nitrogens with one attached hydrogen (secondary N) is 1. The zero-order valence-corrected chi connectivity index (χ0v) is 21.6. The van der Waals surface area contributed by atoms with Crippen LogP contribution in [0.2, 0.25) is 0 Å². The average Bonchev–Trinajstić information content (AvgIpc) is 3.49. The highest BCUT2D eigenvalue weighted by Gasteiger charge is 2.42. The number of benzene rings is 1. The van der Waals surface area contributed by atoms with Gasteiger partial charge in [0.05, 0.1) is 28.5 Å². The van der Waals surface area contributed by atoms with E-state index in [1.54, 1.807) is 4.90 Å². The minimum atomic E-state index is -0.136. The van der Waals surface area contributed by atoms with Crippen LogP contribution in [0.15, 0.2) is 30.3 Å². The Hall–Kier alpha value is -3.68. The quantitative estimate of drug-likeness (QED) is 0.428. The first-order chi connectivity index (χ1) is 17.9. The van der Waals surface area contributed by atoms with Crippen molar-refractivity contribution in [2.24, 2.45) is 18.9 Å². The molecule has 8 nitrogen and oxygen atoms in total. The fourth-order valence-electron chi connectivity index (χ4n) is 6.27. The molecule has 2 amide bonds. The third-order valence-electron chi connectivity index (χ3n) is 8.66. The van der Waals surface area contributed by atoms with Crippen LogP contribution in [0.4, 0.5) is 0 Å². The standard InChI is InChI=1S/C29H32N6O2/c1-16-22-8-7-19-14-25(35(26(19)31-22)10-5-4-6-17-12-20(17)28(36)30-16)27-32-23-15-21-18(13-24(23)34(27)3)9-11-33(2)29(21)37/h7-8,13-17,20H,4-6,9-12H2,1-3H3,(H,30,36). The summed E-state index contributed by atoms with van der Waals surface area (Å²) in [5, 5.41) is 4.26. The smallest absolute Gasteiger partial charge is 0.253 e. The van der Waals surface area contributed by atoms with E-state index in [0.717, 1.165) is 95.6 Å². The molecule has 0 radical (unpaired) electrons. The van der Waals surface area contributed by atoms with Crippen LogP contribution in [-0.2, 0) is 24.8 Å². The fraction of sp³-hybridized carbons (Fsp3) is 0.448. The first-order valence-corrected chi connectivity index (χ1v) is 13.4. The molecule has 3 aromatic heterocycles. The summed E-state index contributed by atoms with van der Waals surface area (Å²) in [4.78, 5) is 37.4. The number of likely N-dealkylation sites (N-methyl/N-ethyl adjacent to an activating group) is 1. The van der Waals surface area contributed by atoms with Crippen LogP contribution < -0.4 is 5.32 Å². The first-order valence-electron chi connectivity index (χ1n) is 13.4. The Morgan fingerprint density at radius 3 is 2.76 bits per heavy atom. The summed E-state index contributed by atoms with van der Waals surface area (Å²) >= 11 is 0. The lowest BCUT2D eigenvalue weighted by Gasteiger charge is -2.24. The number of rotatable bonds is 1. The number of fused-ring (bicyclic) bond motifs is 4. The van der Waals surface area contributed by atoms with Gasteiger partial charge in [-0.05, 0) is 74.4 Å². The molecule has 8 heteroatoms. The Bertz CT molecular complexity index is 1600. The lowest BCUT2D eigenvalue weighted by molar-refractivity contribution is -0.123. The minimum Gasteiger partial charge on any atom is -0.348 e. The highest BCUT2D eigenvalue weighted by atomic mass is 16.2. The van der Waals surface area contributed by atoms with Crippen LogP contribution in [0.5, 0.6) is 0 Å². The summed E-state index contributed by atoms with van der Waals surface area (Å²) < 4.78 is 4.45. The summed E-state index contributed by atoms with van der Waals surface area (Å²) in [5.41, 5.74) is 6.58. The average molecular weight is 497 g/mol. The summed E-state index contributed by atoms with van der Waals surface area (Å²) in [7, 11) is 3.91. The van der Waals surface area contributed by atoms with Crippen LogP contribution in [0.1, 0.15) is 60.3 Å². The van der Waals surface area contributed by atoms with Gasteiger partial charge in [-0.3, -0.25) is 9.59 Å². The fourth-order valence-corrected chi connectivity index (χ4v) is 6.27. The van der Waals surface area contributed by atoms with Crippen LogP contribution in [0.25, 0.3) is 33.6 Å². The number of hydrogen-bond donors (Lipinski definition) is 1. The van der Waals surface area contributed by atoms with Crippen LogP contribution in [-0.4, -0.2) is 49.4 Å². The van der Waals surface area contributed by atoms with E-state index < -0.39 is 0 Å². The maximum atomic E-state index is 12.8. The molecule has 0 spiro atoms. The maximum Gasteiger partial charge on any atom is 0.253 e. The van der Waals surface area contributed by atoms with Gasteiger partial charge in [-0.2, -0.15) is 0 Å². The van der Waals surface area contributed by atoms with E-state index in [4.69, 9.17) is 9.97 Å². The molecular weight excluding hydrogens is 464 g/mol. The number of aromatic nitrogens is 4. The van der Waals surface area contributed by atoms with Crippen molar-refractivity contribution in [3.8, 4) is 11.5 Å². The van der Waals surface area contributed by atoms with Crippen molar-refractivity contribution in [2.75, 3.05) is 13.6 Å². The highest BCUT2D eigenvalue weighted by Crippen LogP contribution is 2.43. The molecule has 7 rings (SSSR count). The molecule has 1 N–H and O–H groups in total. The lowest BCUT2D eigenvalue weighted by atomic mass is 9.98. The molecule has 190 valence electrons. The number of imidazole rings is 1. The number of pyridine rings is 1. The Kier molecular flexibility index (Phi) is 4.97. The molecule has 1 aromatic carbocycles. The predicted molar refractivity (Wildman–Crippen MR) is 142 cm³/mol. The molecule has 1 saturated carbocycles. The lowest BCUT2D eigenvalue weighted by Crippen LogP contribution is -2.34. The topological polar surface area (TPSA) is 85.0 Å². The molecule has 4 aromatic rings. The van der Waals surface area contributed by atoms with E-state index in [2.05, 4.69) is 39.7 Å². The van der Waals surface area contributed by atoms with Gasteiger partial charge in [0, 0.05) is 44.1 Å². The molecule has 2 bridgehead atoms. The van der Waals surface area contributed by atoms with E-state index >= 15 is 0 Å². The summed E-state index contributed by atoms with van der Waals surface area (Å²) in [6.07, 6.45) is 5.08. The van der Waals surface area contributed by atoms with E-state index in [1.807, 2.05) is 26.1 Å². The van der Waals surface area contributed by atoms with Gasteiger partial charge >= 0.3 is 0 Å². The predicted octanol–water partition coefficient (Wildman–Crippen LogP) is 4.22. The Balaban J connectivity index is 1.36. The third-order valence-corrected chi connectivity index (χ3v) is 8.66. The van der Waals surface area contributed by atoms with Crippen molar-refractivity contribution >= 4 is 33.9 Å². The number of hydrogen-bond acceptors (Lipinski definition) is 4. The molecule has 5 heterocycles. The highest BCUT2D eigenvalue weighted by molar-refractivity contribution is 6.00. The summed E-state index contributed by atoms with van der Waals surface area (Å²) in [5.74, 6) is 1.80. The molecule has 2 aliphatic heterocycles. The molecule has 3 unspecified atom stereocenters. The molecule has 1 fully saturated rings. The van der Waals surface area contributed by atoms with Crippen LogP contribution in [0, 0.1) is 11.8 Å². The number of carbonyl (C=O) groups excluding carboxylic acids is 2. The molecule has 1 aliphatic carbocycles. The normalized spacial score (nSPS) is 23.9. The number of carbonyl (C=O) groups is 2. The van der Waals surface area contributed by atoms with Gasteiger partial charge in [0.25, 0.3) is 5.91 Å². The summed E-state index contributed by atoms with van der Waals surface area (Å²) in [6.45, 7) is 3.61. The zero-order valence-electron chi connectivity index (χ0n) is 21.6. The monoisotopic (exact) mass is 496 g/mol. The molecular formula is C29H32N6O2. The van der Waals surface area contributed by atoms with E-state index in [9.17, 15) is 9.59 Å². The number of aryl methyl sites for hydroxylation is 2. The SMILES string of the molecule is CC1NC(=O)C2CC2CCCCn2c(-c3nc4cc5c(cc4n3C)CCN(C)C5=O)cc3ccc1nc32. The van der Waals surface area contributed by atoms with E-state index in [-0.39, 0.29) is 23.8 Å². The van der Waals surface area contributed by atoms with Crippen molar-refractivity contribution < 1.29 is 9.59 Å². The minimum absolute atomic E-state index is 0.0673. The second-order valence-corrected chi connectivity index (χ2v) is 11.1. The van der Waals surface area contributed by atoms with E-state index in [0.29, 0.717) is 5.92 Å². The maximum absolute atomic E-state index is 12.8. The zero-order chi connectivity index (χ0) is 25.4. The van der Waals surface area contributed by atoms with Crippen molar-refractivity contribution in [1.29, 1.82) is 0 Å². The van der Waals surface area contributed by atoms with Gasteiger partial charge < -0.3 is 19.4 Å². The molecule has 37 heavy (non-hydrogen) atoms. The van der Waals surface area contributed by atoms with Gasteiger partial charge in [-0.25, -0.2) is 9.97 Å². The van der Waals surface area contributed by atoms with Crippen LogP contribution >= 0.6 is 0 Å².